The lowest BCUT2D eigenvalue weighted by molar-refractivity contribution is 0.641. The summed E-state index contributed by atoms with van der Waals surface area (Å²) in [6.45, 7) is 9.54. The van der Waals surface area contributed by atoms with Crippen LogP contribution in [0.3, 0.4) is 0 Å². The Morgan fingerprint density at radius 3 is 1.12 bits per heavy atom. The van der Waals surface area contributed by atoms with Crippen LogP contribution in [0.25, 0.3) is 0 Å². The molecule has 0 saturated heterocycles. The Balaban J connectivity index is 1.39. The third-order valence-corrected chi connectivity index (χ3v) is 11.4. The molecule has 7 aromatic carbocycles. The second-order valence-corrected chi connectivity index (χ2v) is 15.0. The first-order valence-corrected chi connectivity index (χ1v) is 18.1. The van der Waals surface area contributed by atoms with Crippen LogP contribution in [0.4, 0.5) is 34.1 Å². The molecule has 0 radical (unpaired) electrons. The number of rotatable bonds is 6. The third kappa shape index (κ3) is 4.79. The average molecular weight is 657 g/mol. The van der Waals surface area contributed by atoms with Crippen molar-refractivity contribution in [3.63, 3.8) is 0 Å². The van der Waals surface area contributed by atoms with Crippen LogP contribution >= 0.6 is 0 Å². The Kier molecular flexibility index (Phi) is 7.29. The van der Waals surface area contributed by atoms with E-state index in [2.05, 4.69) is 213 Å². The van der Waals surface area contributed by atoms with Gasteiger partial charge in [0.2, 0.25) is 0 Å². The largest absolute Gasteiger partial charge is 0.311 e. The van der Waals surface area contributed by atoms with E-state index in [-0.39, 0.29) is 17.5 Å². The molecule has 2 aliphatic heterocycles. The Bertz CT molecular complexity index is 2200. The van der Waals surface area contributed by atoms with Gasteiger partial charge in [-0.1, -0.05) is 167 Å². The zero-order chi connectivity index (χ0) is 34.7. The van der Waals surface area contributed by atoms with Crippen LogP contribution in [0.2, 0.25) is 0 Å². The van der Waals surface area contributed by atoms with Crippen molar-refractivity contribution >= 4 is 57.2 Å². The van der Waals surface area contributed by atoms with Crippen molar-refractivity contribution in [2.24, 2.45) is 0 Å². The molecule has 0 atom stereocenters. The molecule has 9 rings (SSSR count). The maximum absolute atomic E-state index is 2.54. The summed E-state index contributed by atoms with van der Waals surface area (Å²) in [5.74, 6) is 0. The summed E-state index contributed by atoms with van der Waals surface area (Å²) in [5.41, 5.74) is 16.1. The van der Waals surface area contributed by atoms with E-state index in [9.17, 15) is 0 Å². The van der Waals surface area contributed by atoms with Crippen LogP contribution in [0.15, 0.2) is 176 Å². The topological polar surface area (TPSA) is 6.48 Å². The summed E-state index contributed by atoms with van der Waals surface area (Å²) in [4.78, 5) is 5.08. The van der Waals surface area contributed by atoms with Crippen molar-refractivity contribution in [2.45, 2.75) is 38.5 Å². The summed E-state index contributed by atoms with van der Waals surface area (Å²) < 4.78 is 0. The Hall–Kier alpha value is -5.80. The minimum atomic E-state index is -0.251. The molecule has 0 fully saturated rings. The molecule has 246 valence electrons. The Morgan fingerprint density at radius 2 is 0.725 bits per heavy atom. The van der Waals surface area contributed by atoms with Gasteiger partial charge in [-0.25, -0.2) is 0 Å². The normalized spacial score (nSPS) is 13.4. The predicted molar refractivity (Wildman–Crippen MR) is 218 cm³/mol. The quantitative estimate of drug-likeness (QED) is 0.164. The molecule has 0 unspecified atom stereocenters. The second kappa shape index (κ2) is 11.9. The fourth-order valence-corrected chi connectivity index (χ4v) is 8.75. The third-order valence-electron chi connectivity index (χ3n) is 11.4. The molecule has 51 heavy (non-hydrogen) atoms. The average Bonchev–Trinajstić information content (AvgIpc) is 3.18. The fourth-order valence-electron chi connectivity index (χ4n) is 8.75. The van der Waals surface area contributed by atoms with Crippen LogP contribution in [0.1, 0.15) is 49.9 Å². The highest BCUT2D eigenvalue weighted by Crippen LogP contribution is 2.49. The highest BCUT2D eigenvalue weighted by Gasteiger charge is 2.46. The molecular formula is C48H41BN2. The van der Waals surface area contributed by atoms with Gasteiger partial charge in [0.25, 0.3) is 6.71 Å². The van der Waals surface area contributed by atoms with Crippen LogP contribution < -0.4 is 26.2 Å². The summed E-state index contributed by atoms with van der Waals surface area (Å²) in [7, 11) is 0. The highest BCUT2D eigenvalue weighted by atomic mass is 15.2. The molecule has 0 aromatic heterocycles. The summed E-state index contributed by atoms with van der Waals surface area (Å²) in [6.07, 6.45) is 0. The lowest BCUT2D eigenvalue weighted by Gasteiger charge is -2.47. The maximum atomic E-state index is 2.54. The number of hydrogen-bond acceptors (Lipinski definition) is 2. The Labute approximate surface area is 302 Å². The molecule has 2 aliphatic rings. The first kappa shape index (κ1) is 31.2. The SMILES string of the molecule is CC(C)(c1ccccc1)c1cccc2c1N(c1ccccc1)c1cccc3c1B2c1cccc(C(C)(C)c2ccccc2)c1N3c1ccccc1. The van der Waals surface area contributed by atoms with E-state index in [1.165, 1.54) is 61.4 Å². The summed E-state index contributed by atoms with van der Waals surface area (Å²) >= 11 is 0. The zero-order valence-corrected chi connectivity index (χ0v) is 29.7. The van der Waals surface area contributed by atoms with E-state index in [1.807, 2.05) is 0 Å². The van der Waals surface area contributed by atoms with Crippen LogP contribution in [0, 0.1) is 0 Å². The number of para-hydroxylation sites is 4. The van der Waals surface area contributed by atoms with E-state index in [0.717, 1.165) is 11.4 Å². The van der Waals surface area contributed by atoms with Crippen molar-refractivity contribution in [1.29, 1.82) is 0 Å². The summed E-state index contributed by atoms with van der Waals surface area (Å²) in [6, 6.07) is 64.8. The molecule has 0 aliphatic carbocycles. The lowest BCUT2D eigenvalue weighted by Crippen LogP contribution is -2.62. The monoisotopic (exact) mass is 656 g/mol. The smallest absolute Gasteiger partial charge is 0.252 e. The van der Waals surface area contributed by atoms with Gasteiger partial charge in [0, 0.05) is 45.0 Å². The van der Waals surface area contributed by atoms with Gasteiger partial charge in [0.15, 0.2) is 0 Å². The van der Waals surface area contributed by atoms with E-state index in [4.69, 9.17) is 0 Å². The number of benzene rings is 7. The van der Waals surface area contributed by atoms with Gasteiger partial charge in [-0.2, -0.15) is 0 Å². The van der Waals surface area contributed by atoms with Gasteiger partial charge in [-0.05, 0) is 75.0 Å². The summed E-state index contributed by atoms with van der Waals surface area (Å²) in [5, 5.41) is 0. The molecule has 3 heteroatoms. The second-order valence-electron chi connectivity index (χ2n) is 15.0. The zero-order valence-electron chi connectivity index (χ0n) is 29.7. The number of nitrogens with zero attached hydrogens (tertiary/aromatic N) is 2. The van der Waals surface area contributed by atoms with Gasteiger partial charge in [0.1, 0.15) is 0 Å². The van der Waals surface area contributed by atoms with E-state index < -0.39 is 0 Å². The van der Waals surface area contributed by atoms with E-state index >= 15 is 0 Å². The van der Waals surface area contributed by atoms with Crippen molar-refractivity contribution in [1.82, 2.24) is 0 Å². The predicted octanol–water partition coefficient (Wildman–Crippen LogP) is 10.4. The van der Waals surface area contributed by atoms with Gasteiger partial charge in [-0.15, -0.1) is 0 Å². The number of fused-ring (bicyclic) bond motifs is 4. The van der Waals surface area contributed by atoms with Gasteiger partial charge < -0.3 is 9.80 Å². The van der Waals surface area contributed by atoms with Crippen LogP contribution in [0.5, 0.6) is 0 Å². The molecule has 2 nitrogen and oxygen atoms in total. The molecule has 0 amide bonds. The number of anilines is 6. The first-order chi connectivity index (χ1) is 24.9. The maximum Gasteiger partial charge on any atom is 0.252 e. The first-order valence-electron chi connectivity index (χ1n) is 18.1. The van der Waals surface area contributed by atoms with Gasteiger partial charge >= 0.3 is 0 Å². The number of hydrogen-bond donors (Lipinski definition) is 0. The van der Waals surface area contributed by atoms with Gasteiger partial charge in [-0.3, -0.25) is 0 Å². The van der Waals surface area contributed by atoms with Crippen molar-refractivity contribution in [2.75, 3.05) is 9.80 Å². The minimum absolute atomic E-state index is 0.0409. The van der Waals surface area contributed by atoms with E-state index in [0.29, 0.717) is 0 Å². The fraction of sp³-hybridized carbons (Fsp3) is 0.125. The standard InChI is InChI=1S/C48H41BN2/c1-47(2,34-20-9-5-10-21-34)38-28-17-30-40-45(38)50(36-24-13-7-14-25-36)42-32-19-33-43-44(42)49(40)41-31-18-29-39(48(3,4)35-22-11-6-12-23-35)46(41)51(43)37-26-15-8-16-27-37/h5-33H,1-4H3. The van der Waals surface area contributed by atoms with Crippen molar-refractivity contribution < 1.29 is 0 Å². The molecular weight excluding hydrogens is 615 g/mol. The lowest BCUT2D eigenvalue weighted by atomic mass is 9.33. The highest BCUT2D eigenvalue weighted by molar-refractivity contribution is 7.00. The molecule has 0 N–H and O–H groups in total. The molecule has 2 heterocycles. The molecule has 7 aromatic rings. The Morgan fingerprint density at radius 1 is 0.373 bits per heavy atom. The van der Waals surface area contributed by atoms with Crippen molar-refractivity contribution in [3.05, 3.63) is 198 Å². The van der Waals surface area contributed by atoms with Crippen LogP contribution in [-0.2, 0) is 10.8 Å². The molecule has 0 bridgehead atoms. The molecule has 0 saturated carbocycles. The van der Waals surface area contributed by atoms with Gasteiger partial charge in [0.05, 0.1) is 0 Å². The van der Waals surface area contributed by atoms with Crippen LogP contribution in [-0.4, -0.2) is 6.71 Å². The van der Waals surface area contributed by atoms with Crippen molar-refractivity contribution in [3.8, 4) is 0 Å². The minimum Gasteiger partial charge on any atom is -0.311 e. The van der Waals surface area contributed by atoms with E-state index in [1.54, 1.807) is 0 Å². The molecule has 0 spiro atoms.